The second kappa shape index (κ2) is 10.1. The van der Waals surface area contributed by atoms with Crippen LogP contribution in [0, 0.1) is 11.3 Å². The fraction of sp³-hybridized carbons (Fsp3) is 0.190. The largest absolute Gasteiger partial charge is 0.495 e. The summed E-state index contributed by atoms with van der Waals surface area (Å²) in [6.45, 7) is 0.296. The van der Waals surface area contributed by atoms with Crippen molar-refractivity contribution < 1.29 is 17.9 Å². The molecule has 1 aromatic heterocycles. The summed E-state index contributed by atoms with van der Waals surface area (Å²) in [6, 6.07) is 13.5. The Morgan fingerprint density at radius 1 is 1.09 bits per heavy atom. The van der Waals surface area contributed by atoms with Gasteiger partial charge in [0, 0.05) is 36.6 Å². The van der Waals surface area contributed by atoms with Crippen molar-refractivity contribution in [1.82, 2.24) is 14.7 Å². The summed E-state index contributed by atoms with van der Waals surface area (Å²) in [7, 11) is -0.875. The summed E-state index contributed by atoms with van der Waals surface area (Å²) in [5.41, 5.74) is 7.61. The van der Waals surface area contributed by atoms with Crippen LogP contribution in [0.15, 0.2) is 53.6 Å². The minimum absolute atomic E-state index is 0.00376. The summed E-state index contributed by atoms with van der Waals surface area (Å²) in [5.74, 6) is 0.923. The second-order valence-corrected chi connectivity index (χ2v) is 8.20. The number of hydrogen-bond donors (Lipinski definition) is 3. The first-order valence-corrected chi connectivity index (χ1v) is 11.0. The number of nitrogens with zero attached hydrogens (tertiary/aromatic N) is 3. The maximum atomic E-state index is 12.4. The molecule has 0 radical (unpaired) electrons. The van der Waals surface area contributed by atoms with Gasteiger partial charge in [-0.3, -0.25) is 0 Å². The predicted octanol–water partition coefficient (Wildman–Crippen LogP) is 2.01. The van der Waals surface area contributed by atoms with Crippen LogP contribution in [0.1, 0.15) is 5.56 Å². The fourth-order valence-electron chi connectivity index (χ4n) is 2.90. The zero-order chi connectivity index (χ0) is 23.1. The van der Waals surface area contributed by atoms with Crippen molar-refractivity contribution in [2.45, 2.75) is 4.90 Å². The molecule has 32 heavy (non-hydrogen) atoms. The maximum absolute atomic E-state index is 12.4. The van der Waals surface area contributed by atoms with Crippen molar-refractivity contribution in [3.63, 3.8) is 0 Å². The van der Waals surface area contributed by atoms with Crippen LogP contribution in [0.5, 0.6) is 11.5 Å². The van der Waals surface area contributed by atoms with Crippen molar-refractivity contribution in [3.05, 3.63) is 54.2 Å². The molecule has 3 aromatic rings. The second-order valence-electron chi connectivity index (χ2n) is 6.47. The number of nitriles is 1. The van der Waals surface area contributed by atoms with Crippen LogP contribution in [0.25, 0.3) is 11.3 Å². The molecule has 166 valence electrons. The van der Waals surface area contributed by atoms with Gasteiger partial charge in [-0.1, -0.05) is 0 Å². The monoisotopic (exact) mass is 454 g/mol. The van der Waals surface area contributed by atoms with E-state index in [0.29, 0.717) is 22.7 Å². The standard InChI is InChI=1S/C21H22N6O4S/c1-30-18-5-3-14(11-15(18)13-23)17-7-9-24-21(27-17)26-16-4-6-20(19(12-16)31-2)32(28,29)25-10-8-22/h3-7,9,11-12,25H,8,10,22H2,1-2H3,(H,24,26,27). The lowest BCUT2D eigenvalue weighted by molar-refractivity contribution is 0.402. The molecule has 0 fully saturated rings. The lowest BCUT2D eigenvalue weighted by atomic mass is 10.1. The summed E-state index contributed by atoms with van der Waals surface area (Å²) < 4.78 is 37.7. The smallest absolute Gasteiger partial charge is 0.244 e. The van der Waals surface area contributed by atoms with Crippen molar-refractivity contribution in [2.24, 2.45) is 5.73 Å². The molecule has 0 aliphatic carbocycles. The Morgan fingerprint density at radius 2 is 1.88 bits per heavy atom. The Labute approximate surface area is 186 Å². The molecule has 0 atom stereocenters. The van der Waals surface area contributed by atoms with E-state index in [2.05, 4.69) is 26.1 Å². The van der Waals surface area contributed by atoms with E-state index in [1.807, 2.05) is 0 Å². The highest BCUT2D eigenvalue weighted by atomic mass is 32.2. The van der Waals surface area contributed by atoms with Crippen LogP contribution < -0.4 is 25.2 Å². The van der Waals surface area contributed by atoms with Crippen LogP contribution in [-0.2, 0) is 10.0 Å². The van der Waals surface area contributed by atoms with Gasteiger partial charge < -0.3 is 20.5 Å². The minimum Gasteiger partial charge on any atom is -0.495 e. The Hall–Kier alpha value is -3.72. The molecule has 0 amide bonds. The summed E-state index contributed by atoms with van der Waals surface area (Å²) >= 11 is 0. The van der Waals surface area contributed by atoms with Crippen molar-refractivity contribution in [3.8, 4) is 28.8 Å². The topological polar surface area (TPSA) is 152 Å². The fourth-order valence-corrected chi connectivity index (χ4v) is 4.10. The number of methoxy groups -OCH3 is 2. The Morgan fingerprint density at radius 3 is 2.56 bits per heavy atom. The lowest BCUT2D eigenvalue weighted by Gasteiger charge is -2.13. The number of anilines is 2. The summed E-state index contributed by atoms with van der Waals surface area (Å²) in [4.78, 5) is 8.68. The number of aromatic nitrogens is 2. The van der Waals surface area contributed by atoms with Gasteiger partial charge in [0.15, 0.2) is 0 Å². The number of benzene rings is 2. The molecule has 10 nitrogen and oxygen atoms in total. The normalized spacial score (nSPS) is 10.9. The van der Waals surface area contributed by atoms with Crippen LogP contribution >= 0.6 is 0 Å². The molecule has 0 saturated heterocycles. The number of ether oxygens (including phenoxy) is 2. The minimum atomic E-state index is -3.76. The number of sulfonamides is 1. The van der Waals surface area contributed by atoms with Crippen LogP contribution in [0.2, 0.25) is 0 Å². The maximum Gasteiger partial charge on any atom is 0.244 e. The molecule has 0 aliphatic rings. The average molecular weight is 455 g/mol. The average Bonchev–Trinajstić information content (AvgIpc) is 2.82. The molecule has 0 unspecified atom stereocenters. The molecule has 3 rings (SSSR count). The zero-order valence-electron chi connectivity index (χ0n) is 17.5. The number of rotatable bonds is 9. The SMILES string of the molecule is COc1ccc(-c2ccnc(Nc3ccc(S(=O)(=O)NCCN)c(OC)c3)n2)cc1C#N. The van der Waals surface area contributed by atoms with E-state index in [-0.39, 0.29) is 29.7 Å². The van der Waals surface area contributed by atoms with Gasteiger partial charge in [-0.05, 0) is 36.4 Å². The molecular formula is C21H22N6O4S. The first-order valence-electron chi connectivity index (χ1n) is 9.48. The number of hydrogen-bond acceptors (Lipinski definition) is 9. The third kappa shape index (κ3) is 5.12. The van der Waals surface area contributed by atoms with Crippen molar-refractivity contribution in [1.29, 1.82) is 5.26 Å². The summed E-state index contributed by atoms with van der Waals surface area (Å²) in [5, 5.41) is 12.3. The molecule has 2 aromatic carbocycles. The molecule has 4 N–H and O–H groups in total. The van der Waals surface area contributed by atoms with Gasteiger partial charge in [-0.2, -0.15) is 5.26 Å². The molecule has 0 spiro atoms. The van der Waals surface area contributed by atoms with Gasteiger partial charge in [0.1, 0.15) is 22.5 Å². The van der Waals surface area contributed by atoms with E-state index in [9.17, 15) is 13.7 Å². The molecule has 0 saturated carbocycles. The van der Waals surface area contributed by atoms with Crippen LogP contribution in [0.3, 0.4) is 0 Å². The van der Waals surface area contributed by atoms with E-state index >= 15 is 0 Å². The molecule has 1 heterocycles. The zero-order valence-corrected chi connectivity index (χ0v) is 18.3. The van der Waals surface area contributed by atoms with Gasteiger partial charge >= 0.3 is 0 Å². The molecule has 0 bridgehead atoms. The first kappa shape index (κ1) is 23.0. The number of nitrogens with two attached hydrogens (primary N) is 1. The van der Waals surface area contributed by atoms with E-state index in [0.717, 1.165) is 5.56 Å². The van der Waals surface area contributed by atoms with Crippen molar-refractivity contribution in [2.75, 3.05) is 32.6 Å². The highest BCUT2D eigenvalue weighted by Crippen LogP contribution is 2.29. The third-order valence-electron chi connectivity index (χ3n) is 4.42. The third-order valence-corrected chi connectivity index (χ3v) is 5.92. The van der Waals surface area contributed by atoms with Crippen LogP contribution in [0.4, 0.5) is 11.6 Å². The highest BCUT2D eigenvalue weighted by molar-refractivity contribution is 7.89. The van der Waals surface area contributed by atoms with Gasteiger partial charge in [0.25, 0.3) is 0 Å². The quantitative estimate of drug-likeness (QED) is 0.441. The first-order chi connectivity index (χ1) is 15.4. The highest BCUT2D eigenvalue weighted by Gasteiger charge is 2.19. The van der Waals surface area contributed by atoms with E-state index in [1.54, 1.807) is 36.5 Å². The Kier molecular flexibility index (Phi) is 7.21. The van der Waals surface area contributed by atoms with Crippen molar-refractivity contribution >= 4 is 21.7 Å². The molecule has 0 aliphatic heterocycles. The molecule has 11 heteroatoms. The van der Waals surface area contributed by atoms with Crippen LogP contribution in [-0.4, -0.2) is 45.7 Å². The van der Waals surface area contributed by atoms with Gasteiger partial charge in [-0.25, -0.2) is 23.1 Å². The van der Waals surface area contributed by atoms with E-state index in [1.165, 1.54) is 26.4 Å². The van der Waals surface area contributed by atoms with E-state index < -0.39 is 10.0 Å². The number of nitrogens with one attached hydrogen (secondary N) is 2. The van der Waals surface area contributed by atoms with E-state index in [4.69, 9.17) is 15.2 Å². The van der Waals surface area contributed by atoms with Gasteiger partial charge in [-0.15, -0.1) is 0 Å². The lowest BCUT2D eigenvalue weighted by Crippen LogP contribution is -2.29. The Balaban J connectivity index is 1.88. The predicted molar refractivity (Wildman–Crippen MR) is 119 cm³/mol. The molecular weight excluding hydrogens is 432 g/mol. The van der Waals surface area contributed by atoms with Gasteiger partial charge in [0.2, 0.25) is 16.0 Å². The summed E-state index contributed by atoms with van der Waals surface area (Å²) in [6.07, 6.45) is 1.58. The van der Waals surface area contributed by atoms with Gasteiger partial charge in [0.05, 0.1) is 25.5 Å². The Bertz CT molecular complexity index is 1260.